The van der Waals surface area contributed by atoms with E-state index in [4.69, 9.17) is 23.9 Å². The molecular weight excluding hydrogens is 438 g/mol. The van der Waals surface area contributed by atoms with Crippen LogP contribution in [0.25, 0.3) is 21.2 Å². The van der Waals surface area contributed by atoms with Crippen molar-refractivity contribution >= 4 is 32.5 Å². The summed E-state index contributed by atoms with van der Waals surface area (Å²) in [4.78, 5) is 26.4. The second-order valence-corrected chi connectivity index (χ2v) is 9.82. The summed E-state index contributed by atoms with van der Waals surface area (Å²) in [6.45, 7) is 5.80. The zero-order chi connectivity index (χ0) is 22.4. The first kappa shape index (κ1) is 20.8. The van der Waals surface area contributed by atoms with Crippen molar-refractivity contribution in [1.82, 2.24) is 14.9 Å². The van der Waals surface area contributed by atoms with E-state index in [1.165, 1.54) is 29.3 Å². The van der Waals surface area contributed by atoms with Crippen LogP contribution in [0.15, 0.2) is 33.5 Å². The van der Waals surface area contributed by atoms with E-state index in [2.05, 4.69) is 4.90 Å². The number of benzene rings is 1. The molecular formula is C25H25N3O4S. The van der Waals surface area contributed by atoms with Gasteiger partial charge in [-0.1, -0.05) is 0 Å². The van der Waals surface area contributed by atoms with Gasteiger partial charge < -0.3 is 13.9 Å². The monoisotopic (exact) mass is 463 g/mol. The molecule has 4 aromatic rings. The number of fused-ring (bicyclic) bond motifs is 4. The van der Waals surface area contributed by atoms with E-state index in [1.807, 2.05) is 19.1 Å². The Labute approximate surface area is 195 Å². The molecule has 1 fully saturated rings. The van der Waals surface area contributed by atoms with Gasteiger partial charge in [0.25, 0.3) is 0 Å². The zero-order valence-corrected chi connectivity index (χ0v) is 19.4. The Morgan fingerprint density at radius 2 is 1.97 bits per heavy atom. The highest BCUT2D eigenvalue weighted by molar-refractivity contribution is 7.18. The topological polar surface area (TPSA) is 77.7 Å². The fourth-order valence-electron chi connectivity index (χ4n) is 4.75. The third-order valence-corrected chi connectivity index (χ3v) is 7.62. The maximum atomic E-state index is 11.9. The van der Waals surface area contributed by atoms with Crippen molar-refractivity contribution in [3.05, 3.63) is 56.5 Å². The van der Waals surface area contributed by atoms with E-state index in [-0.39, 0.29) is 5.63 Å². The van der Waals surface area contributed by atoms with Crippen LogP contribution in [0.4, 0.5) is 0 Å². The molecule has 170 valence electrons. The molecule has 8 heteroatoms. The van der Waals surface area contributed by atoms with Crippen LogP contribution < -0.4 is 10.4 Å². The molecule has 0 atom stereocenters. The molecule has 1 aromatic carbocycles. The Kier molecular flexibility index (Phi) is 5.36. The molecule has 6 rings (SSSR count). The molecule has 0 N–H and O–H groups in total. The molecule has 0 spiro atoms. The average molecular weight is 464 g/mol. The summed E-state index contributed by atoms with van der Waals surface area (Å²) in [5.41, 5.74) is 2.37. The van der Waals surface area contributed by atoms with Crippen molar-refractivity contribution in [1.29, 1.82) is 0 Å². The number of aryl methyl sites for hydroxylation is 3. The van der Waals surface area contributed by atoms with Gasteiger partial charge in [0.2, 0.25) is 5.88 Å². The maximum absolute atomic E-state index is 11.9. The number of thiophene rings is 1. The van der Waals surface area contributed by atoms with Gasteiger partial charge in [0.05, 0.1) is 25.1 Å². The molecule has 1 saturated heterocycles. The number of nitrogens with zero attached hydrogens (tertiary/aromatic N) is 3. The molecule has 2 aliphatic rings. The van der Waals surface area contributed by atoms with Gasteiger partial charge in [-0.2, -0.15) is 4.98 Å². The van der Waals surface area contributed by atoms with Gasteiger partial charge in [-0.15, -0.1) is 11.3 Å². The largest absolute Gasteiger partial charge is 0.438 e. The SMILES string of the molecule is Cc1cc(=O)oc2cc(Oc3nc(CN4CCOCC4)nc4sc5c(c34)CCCC5)ccc12. The summed E-state index contributed by atoms with van der Waals surface area (Å²) < 4.78 is 17.3. The lowest BCUT2D eigenvalue weighted by Crippen LogP contribution is -2.36. The van der Waals surface area contributed by atoms with Crippen molar-refractivity contribution in [2.45, 2.75) is 39.2 Å². The summed E-state index contributed by atoms with van der Waals surface area (Å²) in [5, 5.41) is 1.93. The molecule has 0 radical (unpaired) electrons. The van der Waals surface area contributed by atoms with E-state index < -0.39 is 0 Å². The Hall–Kier alpha value is -2.81. The van der Waals surface area contributed by atoms with E-state index in [0.29, 0.717) is 23.8 Å². The average Bonchev–Trinajstić information content (AvgIpc) is 3.18. The highest BCUT2D eigenvalue weighted by atomic mass is 32.1. The van der Waals surface area contributed by atoms with E-state index >= 15 is 0 Å². The third kappa shape index (κ3) is 4.03. The molecule has 0 amide bonds. The highest BCUT2D eigenvalue weighted by Gasteiger charge is 2.23. The summed E-state index contributed by atoms with van der Waals surface area (Å²) in [5.74, 6) is 1.96. The van der Waals surface area contributed by atoms with Crippen molar-refractivity contribution in [2.75, 3.05) is 26.3 Å². The molecule has 0 unspecified atom stereocenters. The first-order chi connectivity index (χ1) is 16.1. The first-order valence-corrected chi connectivity index (χ1v) is 12.3. The maximum Gasteiger partial charge on any atom is 0.336 e. The van der Waals surface area contributed by atoms with Crippen molar-refractivity contribution in [3.63, 3.8) is 0 Å². The Morgan fingerprint density at radius 3 is 2.85 bits per heavy atom. The van der Waals surface area contributed by atoms with E-state index in [1.54, 1.807) is 17.4 Å². The number of rotatable bonds is 4. The zero-order valence-electron chi connectivity index (χ0n) is 18.6. The van der Waals surface area contributed by atoms with E-state index in [9.17, 15) is 4.79 Å². The van der Waals surface area contributed by atoms with Gasteiger partial charge >= 0.3 is 5.63 Å². The fourth-order valence-corrected chi connectivity index (χ4v) is 6.02. The van der Waals surface area contributed by atoms with Crippen LogP contribution in [0.3, 0.4) is 0 Å². The lowest BCUT2D eigenvalue weighted by atomic mass is 9.97. The summed E-state index contributed by atoms with van der Waals surface area (Å²) >= 11 is 1.77. The predicted molar refractivity (Wildman–Crippen MR) is 127 cm³/mol. The minimum Gasteiger partial charge on any atom is -0.438 e. The third-order valence-electron chi connectivity index (χ3n) is 6.43. The van der Waals surface area contributed by atoms with Crippen LogP contribution in [0, 0.1) is 6.92 Å². The number of hydrogen-bond acceptors (Lipinski definition) is 8. The molecule has 7 nitrogen and oxygen atoms in total. The number of morpholine rings is 1. The number of aromatic nitrogens is 2. The summed E-state index contributed by atoms with van der Waals surface area (Å²) in [7, 11) is 0. The fraction of sp³-hybridized carbons (Fsp3) is 0.400. The smallest absolute Gasteiger partial charge is 0.336 e. The molecule has 3 aromatic heterocycles. The second-order valence-electron chi connectivity index (χ2n) is 8.73. The Morgan fingerprint density at radius 1 is 1.12 bits per heavy atom. The molecule has 0 bridgehead atoms. The van der Waals surface area contributed by atoms with Gasteiger partial charge in [0.1, 0.15) is 22.0 Å². The minimum atomic E-state index is -0.360. The molecule has 0 saturated carbocycles. The van der Waals surface area contributed by atoms with Crippen molar-refractivity contribution in [3.8, 4) is 11.6 Å². The summed E-state index contributed by atoms with van der Waals surface area (Å²) in [6.07, 6.45) is 4.51. The van der Waals surface area contributed by atoms with Crippen LogP contribution in [0.5, 0.6) is 11.6 Å². The van der Waals surface area contributed by atoms with Crippen LogP contribution >= 0.6 is 11.3 Å². The molecule has 4 heterocycles. The summed E-state index contributed by atoms with van der Waals surface area (Å²) in [6, 6.07) is 7.12. The number of ether oxygens (including phenoxy) is 2. The van der Waals surface area contributed by atoms with E-state index in [0.717, 1.165) is 66.1 Å². The highest BCUT2D eigenvalue weighted by Crippen LogP contribution is 2.41. The van der Waals surface area contributed by atoms with Gasteiger partial charge in [-0.3, -0.25) is 4.90 Å². The van der Waals surface area contributed by atoms with Crippen LogP contribution in [0.1, 0.15) is 34.7 Å². The second kappa shape index (κ2) is 8.52. The van der Waals surface area contributed by atoms with Crippen LogP contribution in [-0.4, -0.2) is 41.2 Å². The molecule has 1 aliphatic carbocycles. The lowest BCUT2D eigenvalue weighted by Gasteiger charge is -2.25. The normalized spacial score (nSPS) is 16.9. The Bertz CT molecular complexity index is 1400. The van der Waals surface area contributed by atoms with Gasteiger partial charge in [-0.05, 0) is 55.9 Å². The molecule has 33 heavy (non-hydrogen) atoms. The van der Waals surface area contributed by atoms with Crippen molar-refractivity contribution < 1.29 is 13.9 Å². The predicted octanol–water partition coefficient (Wildman–Crippen LogP) is 4.61. The standard InChI is InChI=1S/C25H25N3O4S/c1-15-12-22(29)32-19-13-16(6-7-17(15)19)31-24-23-18-4-2-3-5-20(18)33-25(23)27-21(26-24)14-28-8-10-30-11-9-28/h6-7,12-13H,2-5,8-11,14H2,1H3. The molecule has 1 aliphatic heterocycles. The van der Waals surface area contributed by atoms with Crippen LogP contribution in [0.2, 0.25) is 0 Å². The van der Waals surface area contributed by atoms with Crippen molar-refractivity contribution in [2.24, 2.45) is 0 Å². The Balaban J connectivity index is 1.43. The lowest BCUT2D eigenvalue weighted by molar-refractivity contribution is 0.0330. The minimum absolute atomic E-state index is 0.360. The van der Waals surface area contributed by atoms with Gasteiger partial charge in [0.15, 0.2) is 0 Å². The van der Waals surface area contributed by atoms with Gasteiger partial charge in [-0.25, -0.2) is 9.78 Å². The quantitative estimate of drug-likeness (QED) is 0.409. The first-order valence-electron chi connectivity index (χ1n) is 11.5. The number of hydrogen-bond donors (Lipinski definition) is 0. The van der Waals surface area contributed by atoms with Crippen LogP contribution in [-0.2, 0) is 24.1 Å². The van der Waals surface area contributed by atoms with Gasteiger partial charge in [0, 0.05) is 35.5 Å².